The summed E-state index contributed by atoms with van der Waals surface area (Å²) in [5.74, 6) is 0.683. The highest BCUT2D eigenvalue weighted by Crippen LogP contribution is 2.46. The van der Waals surface area contributed by atoms with Crippen LogP contribution in [-0.2, 0) is 0 Å². The van der Waals surface area contributed by atoms with Gasteiger partial charge in [-0.3, -0.25) is 10.00 Å². The van der Waals surface area contributed by atoms with Gasteiger partial charge < -0.3 is 5.32 Å². The molecule has 0 amide bonds. The quantitative estimate of drug-likeness (QED) is 0.698. The van der Waals surface area contributed by atoms with Crippen LogP contribution in [0.1, 0.15) is 30.9 Å². The van der Waals surface area contributed by atoms with E-state index in [9.17, 15) is 13.2 Å². The lowest BCUT2D eigenvalue weighted by Gasteiger charge is -2.29. The Morgan fingerprint density at radius 2 is 1.96 bits per heavy atom. The number of hydrogen-bond acceptors (Lipinski definition) is 4. The summed E-state index contributed by atoms with van der Waals surface area (Å²) < 4.78 is 41.1. The fourth-order valence-corrected chi connectivity index (χ4v) is 3.60. The average Bonchev–Trinajstić information content (AvgIpc) is 3.15. The number of hydrogen-bond donors (Lipinski definition) is 2. The van der Waals surface area contributed by atoms with Crippen molar-refractivity contribution in [3.8, 4) is 0 Å². The van der Waals surface area contributed by atoms with Crippen LogP contribution in [0.3, 0.4) is 0 Å². The molecule has 2 aliphatic rings. The Morgan fingerprint density at radius 1 is 1.12 bits per heavy atom. The van der Waals surface area contributed by atoms with Gasteiger partial charge in [0.25, 0.3) is 0 Å². The molecule has 1 atom stereocenters. The van der Waals surface area contributed by atoms with E-state index in [1.165, 1.54) is 4.90 Å². The fraction of sp³-hybridized carbons (Fsp3) is 0.333. The predicted molar refractivity (Wildman–Crippen MR) is 92.5 cm³/mol. The van der Waals surface area contributed by atoms with Gasteiger partial charge in [-0.1, -0.05) is 6.42 Å². The molecule has 2 aromatic heterocycles. The summed E-state index contributed by atoms with van der Waals surface area (Å²) >= 11 is 0. The highest BCUT2D eigenvalue weighted by molar-refractivity contribution is 5.87. The minimum atomic E-state index is -4.44. The van der Waals surface area contributed by atoms with Crippen molar-refractivity contribution in [1.82, 2.24) is 15.2 Å². The minimum Gasteiger partial charge on any atom is -0.354 e. The summed E-state index contributed by atoms with van der Waals surface area (Å²) in [5, 5.41) is 10.1. The molecule has 3 aromatic rings. The molecule has 5 nitrogen and oxygen atoms in total. The number of nitrogens with zero attached hydrogens (tertiary/aromatic N) is 3. The maximum Gasteiger partial charge on any atom is 0.427 e. The Kier molecular flexibility index (Phi) is 3.19. The van der Waals surface area contributed by atoms with Gasteiger partial charge in [0.15, 0.2) is 5.82 Å². The van der Waals surface area contributed by atoms with Crippen LogP contribution < -0.4 is 10.2 Å². The molecule has 134 valence electrons. The molecule has 1 unspecified atom stereocenters. The third-order valence-corrected chi connectivity index (χ3v) is 5.21. The Labute approximate surface area is 147 Å². The molecule has 0 saturated heterocycles. The van der Waals surface area contributed by atoms with Crippen LogP contribution in [-0.4, -0.2) is 27.5 Å². The normalized spacial score (nSPS) is 20.1. The number of anilines is 3. The fourth-order valence-electron chi connectivity index (χ4n) is 3.60. The predicted octanol–water partition coefficient (Wildman–Crippen LogP) is 4.68. The van der Waals surface area contributed by atoms with Crippen LogP contribution in [0, 0.1) is 0 Å². The lowest BCUT2D eigenvalue weighted by Crippen LogP contribution is -2.44. The van der Waals surface area contributed by atoms with Crippen molar-refractivity contribution in [2.45, 2.75) is 37.5 Å². The van der Waals surface area contributed by atoms with Gasteiger partial charge in [-0.05, 0) is 43.2 Å². The molecule has 0 radical (unpaired) electrons. The molecule has 0 spiro atoms. The largest absolute Gasteiger partial charge is 0.427 e. The van der Waals surface area contributed by atoms with Crippen LogP contribution in [0.2, 0.25) is 0 Å². The Balaban J connectivity index is 1.64. The van der Waals surface area contributed by atoms with Gasteiger partial charge in [0.2, 0.25) is 6.17 Å². The van der Waals surface area contributed by atoms with Crippen molar-refractivity contribution in [3.63, 3.8) is 0 Å². The monoisotopic (exact) mass is 359 g/mol. The zero-order valence-corrected chi connectivity index (χ0v) is 13.7. The number of rotatable bonds is 2. The molecular weight excluding hydrogens is 343 g/mol. The number of pyridine rings is 1. The summed E-state index contributed by atoms with van der Waals surface area (Å²) in [5.41, 5.74) is 2.49. The molecule has 3 heterocycles. The number of alkyl halides is 3. The number of benzene rings is 1. The summed E-state index contributed by atoms with van der Waals surface area (Å²) in [7, 11) is 0. The first kappa shape index (κ1) is 15.5. The minimum absolute atomic E-state index is 0.333. The Hall–Kier alpha value is -2.77. The van der Waals surface area contributed by atoms with E-state index in [0.29, 0.717) is 23.1 Å². The first-order valence-electron chi connectivity index (χ1n) is 8.57. The maximum absolute atomic E-state index is 13.7. The highest BCUT2D eigenvalue weighted by atomic mass is 19.4. The third kappa shape index (κ3) is 2.32. The SMILES string of the molecule is FC(F)(F)C1Nc2ccc(C3CCC3)nc2N1c1ccc2[nH]ncc2c1. The van der Waals surface area contributed by atoms with Crippen molar-refractivity contribution in [1.29, 1.82) is 0 Å². The second-order valence-electron chi connectivity index (χ2n) is 6.84. The second-order valence-corrected chi connectivity index (χ2v) is 6.84. The zero-order valence-electron chi connectivity index (χ0n) is 13.7. The number of halogens is 3. The van der Waals surface area contributed by atoms with E-state index in [1.807, 2.05) is 6.07 Å². The molecule has 1 saturated carbocycles. The van der Waals surface area contributed by atoms with Crippen molar-refractivity contribution in [2.75, 3.05) is 10.2 Å². The van der Waals surface area contributed by atoms with Gasteiger partial charge in [0.1, 0.15) is 0 Å². The molecule has 2 N–H and O–H groups in total. The van der Waals surface area contributed by atoms with Gasteiger partial charge in [-0.15, -0.1) is 0 Å². The molecule has 26 heavy (non-hydrogen) atoms. The molecule has 1 aliphatic heterocycles. The molecule has 1 aromatic carbocycles. The average molecular weight is 359 g/mol. The van der Waals surface area contributed by atoms with E-state index in [0.717, 1.165) is 35.9 Å². The lowest BCUT2D eigenvalue weighted by molar-refractivity contribution is -0.139. The topological polar surface area (TPSA) is 56.8 Å². The first-order valence-corrected chi connectivity index (χ1v) is 8.57. The van der Waals surface area contributed by atoms with E-state index in [-0.39, 0.29) is 0 Å². The van der Waals surface area contributed by atoms with E-state index in [2.05, 4.69) is 20.5 Å². The number of aromatic nitrogens is 3. The maximum atomic E-state index is 13.7. The molecule has 1 aliphatic carbocycles. The summed E-state index contributed by atoms with van der Waals surface area (Å²) in [6, 6.07) is 8.65. The van der Waals surface area contributed by atoms with E-state index in [4.69, 9.17) is 0 Å². The third-order valence-electron chi connectivity index (χ3n) is 5.21. The van der Waals surface area contributed by atoms with Gasteiger partial charge in [0, 0.05) is 22.7 Å². The summed E-state index contributed by atoms with van der Waals surface area (Å²) in [6.07, 6.45) is -1.45. The zero-order chi connectivity index (χ0) is 17.9. The van der Waals surface area contributed by atoms with Crippen molar-refractivity contribution in [2.24, 2.45) is 0 Å². The number of aromatic amines is 1. The lowest BCUT2D eigenvalue weighted by atomic mass is 9.83. The van der Waals surface area contributed by atoms with Crippen molar-refractivity contribution < 1.29 is 13.2 Å². The van der Waals surface area contributed by atoms with Crippen LogP contribution in [0.15, 0.2) is 36.5 Å². The Morgan fingerprint density at radius 3 is 2.69 bits per heavy atom. The molecule has 1 fully saturated rings. The van der Waals surface area contributed by atoms with Crippen LogP contribution in [0.4, 0.5) is 30.4 Å². The smallest absolute Gasteiger partial charge is 0.354 e. The van der Waals surface area contributed by atoms with Gasteiger partial charge in [0.05, 0.1) is 17.4 Å². The van der Waals surface area contributed by atoms with E-state index < -0.39 is 12.3 Å². The van der Waals surface area contributed by atoms with Crippen LogP contribution in [0.5, 0.6) is 0 Å². The van der Waals surface area contributed by atoms with E-state index in [1.54, 1.807) is 30.5 Å². The molecular formula is C18H16F3N5. The standard InChI is InChI=1S/C18H16F3N5/c19-18(20,21)17-24-15-7-6-13(10-2-1-3-10)23-16(15)26(17)12-4-5-14-11(8-12)9-22-25-14/h4-10,17,24H,1-3H2,(H,22,25). The van der Waals surface area contributed by atoms with Gasteiger partial charge in [-0.25, -0.2) is 4.98 Å². The van der Waals surface area contributed by atoms with Gasteiger partial charge in [-0.2, -0.15) is 18.3 Å². The van der Waals surface area contributed by atoms with Crippen LogP contribution >= 0.6 is 0 Å². The first-order chi connectivity index (χ1) is 12.5. The second kappa shape index (κ2) is 5.36. The highest BCUT2D eigenvalue weighted by Gasteiger charge is 2.49. The number of nitrogens with one attached hydrogen (secondary N) is 2. The van der Waals surface area contributed by atoms with Crippen molar-refractivity contribution >= 4 is 28.1 Å². The van der Waals surface area contributed by atoms with Crippen molar-refractivity contribution in [3.05, 3.63) is 42.2 Å². The number of H-pyrrole nitrogens is 1. The Bertz CT molecular complexity index is 976. The van der Waals surface area contributed by atoms with Crippen LogP contribution in [0.25, 0.3) is 10.9 Å². The van der Waals surface area contributed by atoms with E-state index >= 15 is 0 Å². The summed E-state index contributed by atoms with van der Waals surface area (Å²) in [4.78, 5) is 5.84. The molecule has 0 bridgehead atoms. The summed E-state index contributed by atoms with van der Waals surface area (Å²) in [6.45, 7) is 0. The molecule has 5 rings (SSSR count). The number of fused-ring (bicyclic) bond motifs is 2. The van der Waals surface area contributed by atoms with Gasteiger partial charge >= 0.3 is 6.18 Å². The molecule has 8 heteroatoms.